The lowest BCUT2D eigenvalue weighted by Gasteiger charge is -2.34. The van der Waals surface area contributed by atoms with Gasteiger partial charge in [-0.1, -0.05) is 34.6 Å². The van der Waals surface area contributed by atoms with E-state index in [9.17, 15) is 14.4 Å². The first-order valence-corrected chi connectivity index (χ1v) is 11.6. The summed E-state index contributed by atoms with van der Waals surface area (Å²) in [5, 5.41) is 0.398. The molecule has 1 aliphatic carbocycles. The molecule has 2 atom stereocenters. The Kier molecular flexibility index (Phi) is 5.58. The van der Waals surface area contributed by atoms with Gasteiger partial charge < -0.3 is 18.6 Å². The Bertz CT molecular complexity index is 1180. The number of carbonyl (C=O) groups excluding carboxylic acids is 2. The van der Waals surface area contributed by atoms with Gasteiger partial charge in [-0.25, -0.2) is 4.79 Å². The van der Waals surface area contributed by atoms with Crippen LogP contribution >= 0.6 is 0 Å². The lowest BCUT2D eigenvalue weighted by molar-refractivity contribution is -0.184. The van der Waals surface area contributed by atoms with Crippen molar-refractivity contribution < 1.29 is 28.2 Å². The molecule has 178 valence electrons. The van der Waals surface area contributed by atoms with Crippen LogP contribution in [0.25, 0.3) is 11.0 Å². The van der Waals surface area contributed by atoms with Gasteiger partial charge in [-0.2, -0.15) is 0 Å². The Labute approximate surface area is 193 Å². The van der Waals surface area contributed by atoms with E-state index < -0.39 is 22.4 Å². The molecule has 0 spiro atoms. The maximum atomic E-state index is 13.4. The van der Waals surface area contributed by atoms with Crippen molar-refractivity contribution in [1.82, 2.24) is 0 Å². The summed E-state index contributed by atoms with van der Waals surface area (Å²) in [6.45, 7) is 11.9. The minimum atomic E-state index is -1.32. The predicted molar refractivity (Wildman–Crippen MR) is 122 cm³/mol. The van der Waals surface area contributed by atoms with Crippen LogP contribution in [0.3, 0.4) is 0 Å². The molecule has 1 aliphatic heterocycles. The van der Waals surface area contributed by atoms with Crippen LogP contribution in [-0.4, -0.2) is 24.1 Å². The predicted octanol–water partition coefficient (Wildman–Crippen LogP) is 4.56. The van der Waals surface area contributed by atoms with E-state index >= 15 is 0 Å². The monoisotopic (exact) mass is 456 g/mol. The van der Waals surface area contributed by atoms with Crippen molar-refractivity contribution in [3.05, 3.63) is 39.7 Å². The molecular formula is C26H32O7. The van der Waals surface area contributed by atoms with E-state index in [1.165, 1.54) is 6.07 Å². The summed E-state index contributed by atoms with van der Waals surface area (Å²) in [5.74, 6) is 0.371. The van der Waals surface area contributed by atoms with Gasteiger partial charge >= 0.3 is 11.9 Å². The molecule has 1 saturated carbocycles. The number of aryl methyl sites for hydroxylation is 1. The molecule has 7 nitrogen and oxygen atoms in total. The average molecular weight is 457 g/mol. The fourth-order valence-corrected chi connectivity index (χ4v) is 4.96. The van der Waals surface area contributed by atoms with Crippen molar-refractivity contribution in [2.75, 3.05) is 6.61 Å². The largest absolute Gasteiger partial charge is 0.493 e. The van der Waals surface area contributed by atoms with E-state index in [2.05, 4.69) is 0 Å². The number of hydrogen-bond donors (Lipinski definition) is 0. The number of benzene rings is 1. The van der Waals surface area contributed by atoms with Crippen LogP contribution in [0.4, 0.5) is 0 Å². The van der Waals surface area contributed by atoms with Gasteiger partial charge in [-0.05, 0) is 37.8 Å². The van der Waals surface area contributed by atoms with E-state index in [-0.39, 0.29) is 23.9 Å². The van der Waals surface area contributed by atoms with Crippen LogP contribution < -0.4 is 10.2 Å². The highest BCUT2D eigenvalue weighted by Crippen LogP contribution is 2.65. The van der Waals surface area contributed by atoms with Gasteiger partial charge in [-0.3, -0.25) is 9.59 Å². The third-order valence-electron chi connectivity index (χ3n) is 7.69. The number of ether oxygens (including phenoxy) is 3. The van der Waals surface area contributed by atoms with Crippen LogP contribution in [-0.2, 0) is 32.1 Å². The van der Waals surface area contributed by atoms with E-state index in [1.807, 2.05) is 41.5 Å². The summed E-state index contributed by atoms with van der Waals surface area (Å²) in [7, 11) is 0. The Morgan fingerprint density at radius 2 is 1.88 bits per heavy atom. The smallest absolute Gasteiger partial charge is 0.351 e. The van der Waals surface area contributed by atoms with Crippen molar-refractivity contribution in [1.29, 1.82) is 0 Å². The summed E-state index contributed by atoms with van der Waals surface area (Å²) >= 11 is 0. The molecule has 2 heterocycles. The molecule has 1 aromatic heterocycles. The third-order valence-corrected chi connectivity index (χ3v) is 7.69. The fraction of sp³-hybridized carbons (Fsp3) is 0.577. The molecule has 1 saturated heterocycles. The summed E-state index contributed by atoms with van der Waals surface area (Å²) in [6, 6.07) is 4.86. The highest BCUT2D eigenvalue weighted by atomic mass is 16.6. The molecule has 4 rings (SSSR count). The van der Waals surface area contributed by atoms with Gasteiger partial charge in [0.15, 0.2) is 5.43 Å². The zero-order valence-corrected chi connectivity index (χ0v) is 20.2. The molecule has 33 heavy (non-hydrogen) atoms. The van der Waals surface area contributed by atoms with Crippen molar-refractivity contribution in [3.8, 4) is 5.75 Å². The first kappa shape index (κ1) is 23.3. The van der Waals surface area contributed by atoms with Crippen LogP contribution in [0.15, 0.2) is 27.4 Å². The first-order valence-electron chi connectivity index (χ1n) is 11.6. The Morgan fingerprint density at radius 3 is 2.45 bits per heavy atom. The van der Waals surface area contributed by atoms with Crippen molar-refractivity contribution in [3.63, 3.8) is 0 Å². The normalized spacial score (nSPS) is 25.5. The molecule has 1 aromatic carbocycles. The lowest BCUT2D eigenvalue weighted by atomic mass is 9.66. The molecule has 0 N–H and O–H groups in total. The number of esters is 2. The molecule has 2 aliphatic rings. The van der Waals surface area contributed by atoms with Gasteiger partial charge in [0.2, 0.25) is 5.60 Å². The number of fused-ring (bicyclic) bond motifs is 3. The molecular weight excluding hydrogens is 424 g/mol. The molecule has 0 radical (unpaired) electrons. The Balaban J connectivity index is 1.71. The van der Waals surface area contributed by atoms with Gasteiger partial charge in [0.25, 0.3) is 0 Å². The first-order chi connectivity index (χ1) is 15.5. The topological polar surface area (TPSA) is 92.0 Å². The van der Waals surface area contributed by atoms with E-state index in [0.29, 0.717) is 53.9 Å². The zero-order valence-electron chi connectivity index (χ0n) is 20.2. The van der Waals surface area contributed by atoms with Gasteiger partial charge in [0, 0.05) is 17.9 Å². The summed E-state index contributed by atoms with van der Waals surface area (Å²) in [6.07, 6.45) is 1.54. The number of rotatable bonds is 7. The molecule has 2 aromatic rings. The highest BCUT2D eigenvalue weighted by molar-refractivity contribution is 5.93. The Morgan fingerprint density at radius 1 is 1.15 bits per heavy atom. The second kappa shape index (κ2) is 7.89. The van der Waals surface area contributed by atoms with Crippen LogP contribution in [0.1, 0.15) is 65.7 Å². The summed E-state index contributed by atoms with van der Waals surface area (Å²) in [4.78, 5) is 38.5. The molecule has 2 bridgehead atoms. The quantitative estimate of drug-likeness (QED) is 0.564. The summed E-state index contributed by atoms with van der Waals surface area (Å²) < 4.78 is 23.4. The van der Waals surface area contributed by atoms with Crippen molar-refractivity contribution >= 4 is 22.9 Å². The van der Waals surface area contributed by atoms with Gasteiger partial charge in [-0.15, -0.1) is 0 Å². The van der Waals surface area contributed by atoms with Crippen LogP contribution in [0.2, 0.25) is 0 Å². The molecule has 0 amide bonds. The average Bonchev–Trinajstić information content (AvgIpc) is 3.06. The maximum absolute atomic E-state index is 13.4. The van der Waals surface area contributed by atoms with E-state index in [4.69, 9.17) is 18.6 Å². The molecule has 7 heteroatoms. The SMILES string of the molecule is CCc1cc(=O)c2ccc(OCC(C)C)c(COC(=O)[C@@]34CC[C@@](C)(C(=O)O3)C4(C)C)c2o1. The number of hydrogen-bond acceptors (Lipinski definition) is 7. The third kappa shape index (κ3) is 3.35. The minimum Gasteiger partial charge on any atom is -0.493 e. The molecule has 0 unspecified atom stereocenters. The van der Waals surface area contributed by atoms with Gasteiger partial charge in [0.1, 0.15) is 23.7 Å². The van der Waals surface area contributed by atoms with Crippen LogP contribution in [0.5, 0.6) is 5.75 Å². The zero-order chi connectivity index (χ0) is 24.2. The van der Waals surface area contributed by atoms with E-state index in [1.54, 1.807) is 12.1 Å². The molecule has 2 fully saturated rings. The van der Waals surface area contributed by atoms with Gasteiger partial charge in [0.05, 0.1) is 23.0 Å². The second-order valence-electron chi connectivity index (χ2n) is 10.3. The number of carbonyl (C=O) groups is 2. The highest BCUT2D eigenvalue weighted by Gasteiger charge is 2.76. The second-order valence-corrected chi connectivity index (χ2v) is 10.3. The Hall–Kier alpha value is -2.83. The minimum absolute atomic E-state index is 0.160. The standard InChI is InChI=1S/C26H32O7/c1-7-16-12-19(27)17-8-9-20(30-13-15(2)3)18(21(17)32-16)14-31-23(29)26-11-10-25(6,22(28)33-26)24(26,4)5/h8-9,12,15H,7,10-11,13-14H2,1-6H3/t25-,26+/m0/s1. The maximum Gasteiger partial charge on any atom is 0.351 e. The lowest BCUT2D eigenvalue weighted by Crippen LogP contribution is -2.48. The fourth-order valence-electron chi connectivity index (χ4n) is 4.96. The van der Waals surface area contributed by atoms with E-state index in [0.717, 1.165) is 0 Å². The summed E-state index contributed by atoms with van der Waals surface area (Å²) in [5.41, 5.74) is -2.06. The van der Waals surface area contributed by atoms with Crippen molar-refractivity contribution in [2.24, 2.45) is 16.7 Å². The van der Waals surface area contributed by atoms with Crippen LogP contribution in [0, 0.1) is 16.7 Å². The van der Waals surface area contributed by atoms with Crippen molar-refractivity contribution in [2.45, 2.75) is 73.0 Å².